The van der Waals surface area contributed by atoms with Crippen molar-refractivity contribution in [1.82, 2.24) is 24.6 Å². The highest BCUT2D eigenvalue weighted by Gasteiger charge is 2.24. The second-order valence-corrected chi connectivity index (χ2v) is 8.31. The van der Waals surface area contributed by atoms with Crippen LogP contribution in [-0.4, -0.2) is 24.6 Å². The summed E-state index contributed by atoms with van der Waals surface area (Å²) in [5, 5.41) is 5.40. The van der Waals surface area contributed by atoms with Crippen LogP contribution in [0.1, 0.15) is 49.7 Å². The second kappa shape index (κ2) is 6.64. The zero-order valence-electron chi connectivity index (χ0n) is 15.6. The lowest BCUT2D eigenvalue weighted by atomic mass is 9.95. The van der Waals surface area contributed by atoms with Crippen molar-refractivity contribution in [2.24, 2.45) is 0 Å². The van der Waals surface area contributed by atoms with E-state index in [1.165, 1.54) is 37.6 Å². The van der Waals surface area contributed by atoms with Crippen molar-refractivity contribution in [1.29, 1.82) is 0 Å². The first-order valence-electron chi connectivity index (χ1n) is 9.60. The van der Waals surface area contributed by atoms with Crippen molar-refractivity contribution in [2.75, 3.05) is 0 Å². The van der Waals surface area contributed by atoms with Crippen molar-refractivity contribution in [3.8, 4) is 0 Å². The van der Waals surface area contributed by atoms with E-state index >= 15 is 0 Å². The topological polar surface area (TPSA) is 63.5 Å². The van der Waals surface area contributed by atoms with Crippen molar-refractivity contribution >= 4 is 28.6 Å². The van der Waals surface area contributed by atoms with E-state index in [1.54, 1.807) is 11.8 Å². The molecule has 0 aliphatic heterocycles. The smallest absolute Gasteiger partial charge is 0.315 e. The highest BCUT2D eigenvalue weighted by molar-refractivity contribution is 7.99. The van der Waals surface area contributed by atoms with Crippen molar-refractivity contribution in [3.63, 3.8) is 0 Å². The van der Waals surface area contributed by atoms with Crippen LogP contribution in [0.4, 0.5) is 0 Å². The molecule has 0 atom stereocenters. The lowest BCUT2D eigenvalue weighted by Crippen LogP contribution is -2.28. The van der Waals surface area contributed by atoms with Crippen LogP contribution >= 0.6 is 11.8 Å². The maximum absolute atomic E-state index is 4.98. The molecule has 0 spiro atoms. The first kappa shape index (κ1) is 16.7. The monoisotopic (exact) mass is 379 g/mol. The van der Waals surface area contributed by atoms with Gasteiger partial charge in [0, 0.05) is 19.0 Å². The number of imidazole rings is 1. The number of aromatic amines is 1. The fourth-order valence-electron chi connectivity index (χ4n) is 4.05. The third-order valence-corrected chi connectivity index (χ3v) is 6.25. The number of fused-ring (bicyclic) bond motifs is 2. The molecule has 1 aliphatic carbocycles. The van der Waals surface area contributed by atoms with E-state index in [9.17, 15) is 0 Å². The van der Waals surface area contributed by atoms with Gasteiger partial charge < -0.3 is 4.57 Å². The van der Waals surface area contributed by atoms with E-state index in [1.807, 2.05) is 18.4 Å². The Hall–Kier alpha value is -2.41. The summed E-state index contributed by atoms with van der Waals surface area (Å²) in [4.78, 5) is 14.0. The molecule has 4 aromatic rings. The molecule has 1 fully saturated rings. The van der Waals surface area contributed by atoms with Gasteiger partial charge in [-0.25, -0.2) is 10.1 Å². The van der Waals surface area contributed by atoms with Gasteiger partial charge in [-0.2, -0.15) is 0 Å². The largest absolute Gasteiger partial charge is 0.458 e. The third-order valence-electron chi connectivity index (χ3n) is 5.27. The molecule has 5 rings (SSSR count). The van der Waals surface area contributed by atoms with Crippen molar-refractivity contribution < 1.29 is 4.52 Å². The fourth-order valence-corrected chi connectivity index (χ4v) is 5.18. The molecule has 27 heavy (non-hydrogen) atoms. The summed E-state index contributed by atoms with van der Waals surface area (Å²) in [5.41, 5.74) is 3.27. The quantitative estimate of drug-likeness (QED) is 0.429. The molecule has 3 heterocycles. The van der Waals surface area contributed by atoms with E-state index in [2.05, 4.69) is 50.0 Å². The minimum absolute atomic E-state index is 0.528. The van der Waals surface area contributed by atoms with Crippen LogP contribution in [0.15, 0.2) is 40.5 Å². The van der Waals surface area contributed by atoms with Crippen LogP contribution in [0, 0.1) is 13.8 Å². The molecule has 0 unspecified atom stereocenters. The summed E-state index contributed by atoms with van der Waals surface area (Å²) in [7, 11) is 0. The van der Waals surface area contributed by atoms with E-state index in [-0.39, 0.29) is 0 Å². The first-order chi connectivity index (χ1) is 13.2. The first-order valence-corrected chi connectivity index (χ1v) is 10.4. The van der Waals surface area contributed by atoms with Gasteiger partial charge in [0.2, 0.25) is 5.82 Å². The predicted octanol–water partition coefficient (Wildman–Crippen LogP) is 4.17. The fraction of sp³-hybridized carbons (Fsp3) is 0.400. The van der Waals surface area contributed by atoms with Gasteiger partial charge in [0.05, 0.1) is 11.0 Å². The average molecular weight is 380 g/mol. The Kier molecular flexibility index (Phi) is 4.11. The number of para-hydroxylation sites is 2. The Labute approximate surface area is 162 Å². The summed E-state index contributed by atoms with van der Waals surface area (Å²) in [6.07, 6.45) is 6.41. The highest BCUT2D eigenvalue weighted by atomic mass is 32.2. The van der Waals surface area contributed by atoms with Crippen molar-refractivity contribution in [2.45, 2.75) is 62.2 Å². The summed E-state index contributed by atoms with van der Waals surface area (Å²) in [5.74, 6) is 1.56. The molecular formula is C20H23N6S+. The minimum Gasteiger partial charge on any atom is -0.315 e. The number of rotatable bonds is 3. The molecule has 0 amide bonds. The number of H-pyrrole nitrogens is 1. The molecule has 138 valence electrons. The summed E-state index contributed by atoms with van der Waals surface area (Å²) in [6, 6.07) is 11.1. The standard InChI is InChI=1S/C20H22N6S/c1-13-12-18(26-19(21-13)22-14(2)24-26)27-20-23-16-10-6-7-11-17(16)25(20)15-8-4-3-5-9-15/h6-7,10-12,15H,3-5,8-9H2,1-2H3/p+1. The number of nitrogens with one attached hydrogen (secondary N) is 1. The van der Waals surface area contributed by atoms with Crippen LogP contribution in [-0.2, 0) is 0 Å². The van der Waals surface area contributed by atoms with E-state index in [4.69, 9.17) is 4.98 Å². The maximum atomic E-state index is 4.98. The summed E-state index contributed by atoms with van der Waals surface area (Å²) in [6.45, 7) is 3.97. The molecule has 0 bridgehead atoms. The number of aromatic nitrogens is 6. The molecule has 0 saturated heterocycles. The van der Waals surface area contributed by atoms with Gasteiger partial charge in [0.1, 0.15) is 5.69 Å². The van der Waals surface area contributed by atoms with E-state index in [0.29, 0.717) is 11.8 Å². The molecule has 1 N–H and O–H groups in total. The minimum atomic E-state index is 0.528. The number of benzene rings is 1. The van der Waals surface area contributed by atoms with Gasteiger partial charge in [-0.05, 0) is 43.7 Å². The van der Waals surface area contributed by atoms with E-state index < -0.39 is 0 Å². The van der Waals surface area contributed by atoms with E-state index in [0.717, 1.165) is 27.2 Å². The molecule has 1 saturated carbocycles. The summed E-state index contributed by atoms with van der Waals surface area (Å²) >= 11 is 1.69. The van der Waals surface area contributed by atoms with Gasteiger partial charge in [0.15, 0.2) is 10.2 Å². The van der Waals surface area contributed by atoms with Crippen LogP contribution in [0.5, 0.6) is 0 Å². The Bertz CT molecular complexity index is 1120. The highest BCUT2D eigenvalue weighted by Crippen LogP contribution is 2.37. The Morgan fingerprint density at radius 2 is 1.89 bits per heavy atom. The number of hydrogen-bond acceptors (Lipinski definition) is 4. The number of nitrogens with zero attached hydrogens (tertiary/aromatic N) is 5. The van der Waals surface area contributed by atoms with Crippen LogP contribution < -0.4 is 4.52 Å². The maximum Gasteiger partial charge on any atom is 0.458 e. The Balaban J connectivity index is 1.65. The van der Waals surface area contributed by atoms with Gasteiger partial charge >= 0.3 is 5.78 Å². The summed E-state index contributed by atoms with van der Waals surface area (Å²) < 4.78 is 4.42. The predicted molar refractivity (Wildman–Crippen MR) is 105 cm³/mol. The lowest BCUT2D eigenvalue weighted by molar-refractivity contribution is -0.620. The van der Waals surface area contributed by atoms with Gasteiger partial charge in [-0.15, -0.1) is 4.52 Å². The van der Waals surface area contributed by atoms with Crippen molar-refractivity contribution in [3.05, 3.63) is 41.9 Å². The SMILES string of the molecule is Cc1cc(Sc2nc3ccccc3n2C2CCCCC2)[n+]2[nH]c(C)nc2n1. The normalized spacial score (nSPS) is 15.8. The van der Waals surface area contributed by atoms with Gasteiger partial charge in [-0.3, -0.25) is 0 Å². The Morgan fingerprint density at radius 3 is 2.74 bits per heavy atom. The Morgan fingerprint density at radius 1 is 1.07 bits per heavy atom. The average Bonchev–Trinajstić information content (AvgIpc) is 3.21. The van der Waals surface area contributed by atoms with Gasteiger partial charge in [-0.1, -0.05) is 41.4 Å². The van der Waals surface area contributed by atoms with Crippen LogP contribution in [0.2, 0.25) is 0 Å². The molecule has 0 radical (unpaired) electrons. The molecule has 1 aromatic carbocycles. The molecule has 1 aliphatic rings. The second-order valence-electron chi connectivity index (χ2n) is 7.33. The van der Waals surface area contributed by atoms with Gasteiger partial charge in [0.25, 0.3) is 0 Å². The number of hydrogen-bond donors (Lipinski definition) is 1. The molecular weight excluding hydrogens is 356 g/mol. The lowest BCUT2D eigenvalue weighted by Gasteiger charge is -2.25. The molecule has 3 aromatic heterocycles. The van der Waals surface area contributed by atoms with Crippen LogP contribution in [0.25, 0.3) is 16.8 Å². The zero-order chi connectivity index (χ0) is 18.4. The third kappa shape index (κ3) is 3.00. The molecule has 6 nitrogen and oxygen atoms in total. The molecule has 7 heteroatoms. The van der Waals surface area contributed by atoms with Crippen LogP contribution in [0.3, 0.4) is 0 Å². The number of aryl methyl sites for hydroxylation is 2. The zero-order valence-corrected chi connectivity index (χ0v) is 16.5.